The number of hydrogen-bond acceptors (Lipinski definition) is 5. The first-order valence-corrected chi connectivity index (χ1v) is 11.8. The number of carbonyl (C=O) groups is 1. The Morgan fingerprint density at radius 3 is 2.73 bits per heavy atom. The third kappa shape index (κ3) is 5.82. The lowest BCUT2D eigenvalue weighted by Crippen LogP contribution is -2.35. The summed E-state index contributed by atoms with van der Waals surface area (Å²) in [6.07, 6.45) is 9.72. The average Bonchev–Trinajstić information content (AvgIpc) is 3.29. The summed E-state index contributed by atoms with van der Waals surface area (Å²) < 4.78 is 34.8. The van der Waals surface area contributed by atoms with Crippen LogP contribution in [0.25, 0.3) is 0 Å². The Morgan fingerprint density at radius 1 is 1.23 bits per heavy atom. The molecule has 1 aromatic heterocycles. The number of ether oxygens (including phenoxy) is 1. The molecule has 1 aliphatic rings. The fourth-order valence-corrected chi connectivity index (χ4v) is 5.18. The van der Waals surface area contributed by atoms with E-state index in [1.807, 2.05) is 10.8 Å². The van der Waals surface area contributed by atoms with Crippen molar-refractivity contribution in [1.82, 2.24) is 19.2 Å². The highest BCUT2D eigenvalue weighted by molar-refractivity contribution is 7.89. The third-order valence-electron chi connectivity index (χ3n) is 5.30. The molecule has 0 aliphatic carbocycles. The van der Waals surface area contributed by atoms with Crippen molar-refractivity contribution < 1.29 is 17.9 Å². The van der Waals surface area contributed by atoms with Crippen LogP contribution in [0.5, 0.6) is 5.75 Å². The van der Waals surface area contributed by atoms with Crippen LogP contribution in [0.15, 0.2) is 41.8 Å². The lowest BCUT2D eigenvalue weighted by atomic mass is 10.1. The van der Waals surface area contributed by atoms with Crippen LogP contribution in [0, 0.1) is 0 Å². The molecule has 8 nitrogen and oxygen atoms in total. The zero-order valence-corrected chi connectivity index (χ0v) is 18.2. The summed E-state index contributed by atoms with van der Waals surface area (Å²) in [5.41, 5.74) is 0.726. The zero-order chi connectivity index (χ0) is 21.4. The number of imidazole rings is 1. The molecule has 1 fully saturated rings. The van der Waals surface area contributed by atoms with Crippen molar-refractivity contribution in [3.8, 4) is 5.75 Å². The van der Waals surface area contributed by atoms with E-state index >= 15 is 0 Å². The molecule has 0 saturated carbocycles. The molecule has 0 unspecified atom stereocenters. The monoisotopic (exact) mass is 434 g/mol. The normalized spacial score (nSPS) is 15.1. The summed E-state index contributed by atoms with van der Waals surface area (Å²) in [5, 5.41) is 2.91. The third-order valence-corrected chi connectivity index (χ3v) is 7.20. The molecule has 0 atom stereocenters. The second-order valence-corrected chi connectivity index (χ2v) is 9.38. The van der Waals surface area contributed by atoms with Crippen LogP contribution in [0.2, 0.25) is 0 Å². The van der Waals surface area contributed by atoms with E-state index in [0.717, 1.165) is 37.8 Å². The van der Waals surface area contributed by atoms with Crippen LogP contribution in [0.4, 0.5) is 0 Å². The summed E-state index contributed by atoms with van der Waals surface area (Å²) in [6.45, 7) is 2.50. The molecule has 164 valence electrons. The first-order valence-electron chi connectivity index (χ1n) is 10.4. The minimum absolute atomic E-state index is 0.0630. The van der Waals surface area contributed by atoms with Gasteiger partial charge in [-0.05, 0) is 49.4 Å². The number of hydrogen-bond donors (Lipinski definition) is 1. The van der Waals surface area contributed by atoms with Gasteiger partial charge in [0.05, 0.1) is 18.3 Å². The minimum atomic E-state index is -3.52. The van der Waals surface area contributed by atoms with Gasteiger partial charge in [0.25, 0.3) is 0 Å². The molecule has 0 radical (unpaired) electrons. The van der Waals surface area contributed by atoms with E-state index in [4.69, 9.17) is 4.74 Å². The molecule has 2 aromatic rings. The van der Waals surface area contributed by atoms with Gasteiger partial charge in [-0.2, -0.15) is 4.31 Å². The second kappa shape index (κ2) is 10.6. The lowest BCUT2D eigenvalue weighted by molar-refractivity contribution is -0.121. The molecule has 9 heteroatoms. The Balaban J connectivity index is 1.56. The summed E-state index contributed by atoms with van der Waals surface area (Å²) >= 11 is 0. The maximum Gasteiger partial charge on any atom is 0.243 e. The van der Waals surface area contributed by atoms with Gasteiger partial charge in [-0.25, -0.2) is 13.4 Å². The number of piperidine rings is 1. The van der Waals surface area contributed by atoms with Crippen molar-refractivity contribution in [2.75, 3.05) is 26.7 Å². The molecule has 1 amide bonds. The van der Waals surface area contributed by atoms with E-state index in [2.05, 4.69) is 10.3 Å². The highest BCUT2D eigenvalue weighted by Gasteiger charge is 2.26. The number of aryl methyl sites for hydroxylation is 2. The van der Waals surface area contributed by atoms with Crippen LogP contribution in [-0.4, -0.2) is 54.9 Å². The number of aromatic nitrogens is 2. The molecule has 30 heavy (non-hydrogen) atoms. The quantitative estimate of drug-likeness (QED) is 0.579. The van der Waals surface area contributed by atoms with Gasteiger partial charge >= 0.3 is 0 Å². The number of nitrogens with zero attached hydrogens (tertiary/aromatic N) is 3. The van der Waals surface area contributed by atoms with Gasteiger partial charge in [-0.1, -0.05) is 6.42 Å². The first-order chi connectivity index (χ1) is 14.5. The molecule has 2 heterocycles. The zero-order valence-electron chi connectivity index (χ0n) is 17.4. The van der Waals surface area contributed by atoms with Crippen LogP contribution in [0.1, 0.15) is 37.7 Å². The summed E-state index contributed by atoms with van der Waals surface area (Å²) in [5.74, 6) is 0.535. The van der Waals surface area contributed by atoms with Gasteiger partial charge in [-0.3, -0.25) is 4.79 Å². The van der Waals surface area contributed by atoms with Crippen molar-refractivity contribution >= 4 is 15.9 Å². The minimum Gasteiger partial charge on any atom is -0.496 e. The summed E-state index contributed by atoms with van der Waals surface area (Å²) in [6, 6.07) is 4.91. The van der Waals surface area contributed by atoms with E-state index in [1.54, 1.807) is 42.1 Å². The Bertz CT molecular complexity index is 922. The van der Waals surface area contributed by atoms with Crippen LogP contribution >= 0.6 is 0 Å². The van der Waals surface area contributed by atoms with Crippen molar-refractivity contribution in [1.29, 1.82) is 0 Å². The molecule has 1 saturated heterocycles. The molecule has 1 aliphatic heterocycles. The number of sulfonamides is 1. The van der Waals surface area contributed by atoms with Crippen LogP contribution in [-0.2, 0) is 27.8 Å². The van der Waals surface area contributed by atoms with E-state index in [0.29, 0.717) is 31.8 Å². The number of nitrogens with one attached hydrogen (secondary N) is 1. The Kier molecular flexibility index (Phi) is 7.87. The molecular formula is C21H30N4O4S. The maximum atomic E-state index is 12.9. The second-order valence-electron chi connectivity index (χ2n) is 7.44. The molecule has 0 spiro atoms. The van der Waals surface area contributed by atoms with Gasteiger partial charge in [0.1, 0.15) is 5.75 Å². The van der Waals surface area contributed by atoms with Crippen molar-refractivity contribution in [3.63, 3.8) is 0 Å². The highest BCUT2D eigenvalue weighted by atomic mass is 32.2. The molecule has 0 bridgehead atoms. The summed E-state index contributed by atoms with van der Waals surface area (Å²) in [4.78, 5) is 16.5. The number of benzene rings is 1. The first kappa shape index (κ1) is 22.3. The van der Waals surface area contributed by atoms with Gasteiger partial charge in [-0.15, -0.1) is 0 Å². The molecule has 1 aromatic carbocycles. The van der Waals surface area contributed by atoms with Crippen LogP contribution < -0.4 is 10.1 Å². The van der Waals surface area contributed by atoms with Crippen molar-refractivity contribution in [2.45, 2.75) is 50.0 Å². The molecule has 1 N–H and O–H groups in total. The topological polar surface area (TPSA) is 93.5 Å². The lowest BCUT2D eigenvalue weighted by Gasteiger charge is -2.26. The van der Waals surface area contributed by atoms with Crippen molar-refractivity contribution in [2.24, 2.45) is 0 Å². The predicted octanol–water partition coefficient (Wildman–Crippen LogP) is 2.21. The fraction of sp³-hybridized carbons (Fsp3) is 0.524. The number of carbonyl (C=O) groups excluding carboxylic acids is 1. The Hall–Kier alpha value is -2.39. The predicted molar refractivity (Wildman–Crippen MR) is 114 cm³/mol. The smallest absolute Gasteiger partial charge is 0.243 e. The largest absolute Gasteiger partial charge is 0.496 e. The molecule has 3 rings (SSSR count). The van der Waals surface area contributed by atoms with E-state index < -0.39 is 10.0 Å². The average molecular weight is 435 g/mol. The SMILES string of the molecule is COc1ccc(S(=O)(=O)N2CCCCC2)cc1CCC(=O)NCCCn1ccnc1. The van der Waals surface area contributed by atoms with Gasteiger partial charge in [0.2, 0.25) is 15.9 Å². The van der Waals surface area contributed by atoms with Crippen LogP contribution in [0.3, 0.4) is 0 Å². The standard InChI is InChI=1S/C21H30N4O4S/c1-29-20-8-7-19(30(27,28)25-13-3-2-4-14-25)16-18(20)6-9-21(26)23-10-5-12-24-15-11-22-17-24/h7-8,11,15-17H,2-6,9-10,12-14H2,1H3,(H,23,26). The van der Waals surface area contributed by atoms with Gasteiger partial charge in [0, 0.05) is 45.0 Å². The number of methoxy groups -OCH3 is 1. The van der Waals surface area contributed by atoms with Crippen molar-refractivity contribution in [3.05, 3.63) is 42.5 Å². The molecular weight excluding hydrogens is 404 g/mol. The Labute approximate surface area is 178 Å². The maximum absolute atomic E-state index is 12.9. The van der Waals surface area contributed by atoms with Gasteiger partial charge in [0.15, 0.2) is 0 Å². The number of rotatable bonds is 10. The number of amides is 1. The van der Waals surface area contributed by atoms with E-state index in [1.165, 1.54) is 0 Å². The van der Waals surface area contributed by atoms with Gasteiger partial charge < -0.3 is 14.6 Å². The van der Waals surface area contributed by atoms with E-state index in [-0.39, 0.29) is 17.2 Å². The summed E-state index contributed by atoms with van der Waals surface area (Å²) in [7, 11) is -1.97. The highest BCUT2D eigenvalue weighted by Crippen LogP contribution is 2.27. The van der Waals surface area contributed by atoms with E-state index in [9.17, 15) is 13.2 Å². The fourth-order valence-electron chi connectivity index (χ4n) is 3.61. The Morgan fingerprint density at radius 2 is 2.03 bits per heavy atom.